The number of nitrogens with zero attached hydrogens (tertiary/aromatic N) is 4. The van der Waals surface area contributed by atoms with Crippen molar-refractivity contribution in [2.75, 3.05) is 39.8 Å². The number of hydrogen-bond donors (Lipinski definition) is 15. The number of aliphatic hydroxyl groups is 5. The van der Waals surface area contributed by atoms with Crippen LogP contribution in [0.5, 0.6) is 5.75 Å². The molecule has 0 bridgehead atoms. The Morgan fingerprint density at radius 2 is 1.22 bits per heavy atom. The van der Waals surface area contributed by atoms with Gasteiger partial charge in [-0.25, -0.2) is 4.79 Å². The van der Waals surface area contributed by atoms with Gasteiger partial charge in [0.25, 0.3) is 11.8 Å². The number of carbonyl (C=O) groups excluding carboxylic acids is 14. The summed E-state index contributed by atoms with van der Waals surface area (Å²) in [6.07, 6.45) is -9.60. The molecule has 0 aliphatic carbocycles. The van der Waals surface area contributed by atoms with Crippen LogP contribution in [0.2, 0.25) is 0 Å². The molecule has 107 heavy (non-hydrogen) atoms. The number of fused-ring (bicyclic) bond motifs is 3. The van der Waals surface area contributed by atoms with Crippen molar-refractivity contribution in [3.8, 4) is 5.75 Å². The number of carbonyl (C=O) groups is 14. The summed E-state index contributed by atoms with van der Waals surface area (Å²) in [4.78, 5) is 204. The van der Waals surface area contributed by atoms with E-state index in [0.717, 1.165) is 22.8 Å². The first-order valence-corrected chi connectivity index (χ1v) is 36.5. The van der Waals surface area contributed by atoms with Gasteiger partial charge in [0.15, 0.2) is 6.10 Å². The quantitative estimate of drug-likeness (QED) is 0.0411. The third-order valence-electron chi connectivity index (χ3n) is 19.9. The van der Waals surface area contributed by atoms with Crippen LogP contribution >= 0.6 is 0 Å². The number of nitrogens with one attached hydrogen (secondary N) is 8. The lowest BCUT2D eigenvalue weighted by atomic mass is 9.93. The van der Waals surface area contributed by atoms with E-state index < -0.39 is 224 Å². The summed E-state index contributed by atoms with van der Waals surface area (Å²) in [6.45, 7) is 8.62. The topological polar surface area (TPSA) is 505 Å². The zero-order chi connectivity index (χ0) is 79.1. The maximum Gasteiger partial charge on any atom is 0.329 e. The third-order valence-corrected chi connectivity index (χ3v) is 19.9. The molecule has 0 radical (unpaired) electrons. The lowest BCUT2D eigenvalue weighted by Crippen LogP contribution is -2.61. The second-order valence-electron chi connectivity index (χ2n) is 28.4. The van der Waals surface area contributed by atoms with E-state index in [1.54, 1.807) is 58.0 Å². The number of primary amides is 1. The van der Waals surface area contributed by atoms with E-state index in [9.17, 15) is 88.2 Å². The van der Waals surface area contributed by atoms with Gasteiger partial charge in [-0.1, -0.05) is 82.7 Å². The normalized spacial score (nSPS) is 26.1. The maximum atomic E-state index is 15.3. The van der Waals surface area contributed by atoms with Crippen LogP contribution in [-0.4, -0.2) is 264 Å². The molecule has 4 aliphatic heterocycles. The molecule has 0 aromatic heterocycles. The molecular formula is C73H107N13O21. The number of benzene rings is 2. The Labute approximate surface area is 621 Å². The lowest BCUT2D eigenvalue weighted by molar-refractivity contribution is -0.162. The molecule has 34 heteroatoms. The highest BCUT2D eigenvalue weighted by Gasteiger charge is 2.46. The molecular weight excluding hydrogens is 1390 g/mol. The van der Waals surface area contributed by atoms with E-state index in [1.165, 1.54) is 55.0 Å². The second-order valence-corrected chi connectivity index (χ2v) is 28.4. The molecule has 2 aromatic carbocycles. The van der Waals surface area contributed by atoms with Gasteiger partial charge in [0, 0.05) is 59.3 Å². The monoisotopic (exact) mass is 1500 g/mol. The Balaban J connectivity index is 1.45. The molecule has 4 fully saturated rings. The Kier molecular flexibility index (Phi) is 33.0. The van der Waals surface area contributed by atoms with Crippen LogP contribution in [0, 0.1) is 11.8 Å². The van der Waals surface area contributed by atoms with Crippen LogP contribution in [0.3, 0.4) is 0 Å². The van der Waals surface area contributed by atoms with E-state index in [4.69, 9.17) is 10.5 Å². The second kappa shape index (κ2) is 40.9. The van der Waals surface area contributed by atoms with Crippen molar-refractivity contribution in [1.82, 2.24) is 62.1 Å². The first-order chi connectivity index (χ1) is 50.7. The van der Waals surface area contributed by atoms with Gasteiger partial charge in [-0.2, -0.15) is 0 Å². The Bertz CT molecular complexity index is 3510. The summed E-state index contributed by atoms with van der Waals surface area (Å²) in [5, 5.41) is 87.0. The first kappa shape index (κ1) is 86.3. The van der Waals surface area contributed by atoms with Crippen LogP contribution in [0.1, 0.15) is 143 Å². The fourth-order valence-electron chi connectivity index (χ4n) is 13.5. The van der Waals surface area contributed by atoms with Gasteiger partial charge in [0.1, 0.15) is 71.9 Å². The number of ether oxygens (including phenoxy) is 1. The number of allylic oxidation sites excluding steroid dienone is 1. The van der Waals surface area contributed by atoms with Crippen LogP contribution in [0.15, 0.2) is 66.4 Å². The highest BCUT2D eigenvalue weighted by atomic mass is 16.5. The summed E-state index contributed by atoms with van der Waals surface area (Å²) in [5.74, 6) is -14.6. The number of aromatic hydroxyl groups is 1. The van der Waals surface area contributed by atoms with Gasteiger partial charge in [-0.15, -0.1) is 0 Å². The summed E-state index contributed by atoms with van der Waals surface area (Å²) in [7, 11) is 1.31. The highest BCUT2D eigenvalue weighted by molar-refractivity contribution is 6.03. The average Bonchev–Trinajstić information content (AvgIpc) is 1.68. The van der Waals surface area contributed by atoms with Crippen molar-refractivity contribution in [3.63, 3.8) is 0 Å². The van der Waals surface area contributed by atoms with Crippen molar-refractivity contribution in [1.29, 1.82) is 0 Å². The zero-order valence-electron chi connectivity index (χ0n) is 61.9. The zero-order valence-corrected chi connectivity index (χ0v) is 61.9. The van der Waals surface area contributed by atoms with E-state index in [1.807, 2.05) is 0 Å². The Morgan fingerprint density at radius 1 is 0.654 bits per heavy atom. The molecule has 4 aliphatic rings. The number of hydrogen-bond acceptors (Lipinski definition) is 21. The maximum absolute atomic E-state index is 15.3. The fraction of sp³-hybridized carbons (Fsp3) is 0.616. The standard InChI is InChI=1S/C73H107N13O21/c1-9-40(5)60-68(101)80-51(38-87)65(98)76-47(10-2)64(97)82-61(41(6)88)69(102)78-49(27-24-43-17-12-11-13-18-43)71(104)85-31-14-19-52(85)66(99)79-50(35-46(36-57(92)56(91)33-39(3)4)107-73(106)55(83(8)42(7)89)34-44-22-25-45(90)26-23-44)62(95)70(103)77-48(28-29-58(74)93)63(96)75-37-59(94)84-30-16-21-54(84)72(105)86-32-15-20-53(86)67(100)81-60/h10-13,17-18,22-23,25-26,39-41,46,48-57,60-62,87-88,90-92,95H,9,14-16,19-21,24,27-38H2,1-8H3,(H2,74,93)(H,75,96)(H,76,98)(H,77,103)(H,78,102)(H,79,99)(H,80,101)(H,81,100)(H,82,97)/b47-10+/t40-,41+,46?,48-,49?,50?,51+,52-,53-,54+,55?,56?,57?,60+,61-,62?/m0/s1. The predicted octanol–water partition coefficient (Wildman–Crippen LogP) is -3.05. The number of phenols is 1. The molecule has 16 N–H and O–H groups in total. The molecule has 7 unspecified atom stereocenters. The largest absolute Gasteiger partial charge is 0.508 e. The van der Waals surface area contributed by atoms with Crippen molar-refractivity contribution in [2.45, 2.75) is 236 Å². The minimum absolute atomic E-state index is 0.0116. The number of likely N-dealkylation sites (N-methyl/N-ethyl adjacent to an activating group) is 1. The minimum Gasteiger partial charge on any atom is -0.508 e. The van der Waals surface area contributed by atoms with Gasteiger partial charge >= 0.3 is 5.97 Å². The van der Waals surface area contributed by atoms with E-state index in [2.05, 4.69) is 42.5 Å². The van der Waals surface area contributed by atoms with Gasteiger partial charge < -0.3 is 103 Å². The van der Waals surface area contributed by atoms with Gasteiger partial charge in [-0.3, -0.25) is 62.3 Å². The molecule has 6 rings (SSSR count). The fourth-order valence-corrected chi connectivity index (χ4v) is 13.5. The van der Waals surface area contributed by atoms with Crippen molar-refractivity contribution in [2.24, 2.45) is 17.6 Å². The lowest BCUT2D eigenvalue weighted by Gasteiger charge is -2.34. The van der Waals surface area contributed by atoms with Crippen molar-refractivity contribution >= 4 is 82.8 Å². The smallest absolute Gasteiger partial charge is 0.329 e. The minimum atomic E-state index is -2.51. The molecule has 34 nitrogen and oxygen atoms in total. The van der Waals surface area contributed by atoms with Gasteiger partial charge in [0.2, 0.25) is 65.0 Å². The van der Waals surface area contributed by atoms with Crippen LogP contribution in [0.25, 0.3) is 0 Å². The molecule has 0 spiro atoms. The first-order valence-electron chi connectivity index (χ1n) is 36.5. The van der Waals surface area contributed by atoms with Crippen molar-refractivity contribution < 1.29 is 102 Å². The molecule has 4 saturated heterocycles. The number of rotatable bonds is 22. The molecule has 2 aromatic rings. The van der Waals surface area contributed by atoms with Crippen LogP contribution in [0.4, 0.5) is 0 Å². The van der Waals surface area contributed by atoms with Crippen LogP contribution < -0.4 is 48.3 Å². The number of esters is 1. The molecule has 4 heterocycles. The highest BCUT2D eigenvalue weighted by Crippen LogP contribution is 2.28. The number of phenolic OH excluding ortho intramolecular Hbond substituents is 1. The number of amides is 13. The van der Waals surface area contributed by atoms with Crippen LogP contribution in [-0.2, 0) is 84.7 Å². The van der Waals surface area contributed by atoms with Gasteiger partial charge in [-0.05, 0) is 113 Å². The Hall–Kier alpha value is -9.64. The summed E-state index contributed by atoms with van der Waals surface area (Å²) >= 11 is 0. The van der Waals surface area contributed by atoms with E-state index in [-0.39, 0.29) is 82.7 Å². The molecule has 13 amide bonds. The SMILES string of the molecule is C/C=C1/NC(=O)[C@@H](CO)NC(=O)[C@@H]([C@@H](C)CC)NC(=O)[C@@H]2CCCN2C(=O)[C@H]2CCCN2C(=O)CNC(=O)[C@H](CCC(N)=O)NC(=O)C(O)C(CC(CC(O)C(O)CC(C)C)OC(=O)C(Cc2ccc(O)cc2)N(C)C(C)=O)NC(=O)[C@@H]2CCCN2C(=O)C(CCc2ccccc2)NC(=O)[C@H]([C@@H](C)O)NC1=O. The van der Waals surface area contributed by atoms with E-state index in [0.29, 0.717) is 30.4 Å². The summed E-state index contributed by atoms with van der Waals surface area (Å²) < 4.78 is 6.12. The predicted molar refractivity (Wildman–Crippen MR) is 383 cm³/mol. The summed E-state index contributed by atoms with van der Waals surface area (Å²) in [6, 6.07) is -1.23. The summed E-state index contributed by atoms with van der Waals surface area (Å²) in [5.41, 5.74) is 6.14. The van der Waals surface area contributed by atoms with Gasteiger partial charge in [0.05, 0.1) is 37.5 Å². The molecule has 590 valence electrons. The van der Waals surface area contributed by atoms with E-state index >= 15 is 9.59 Å². The molecule has 16 atom stereocenters. The Morgan fingerprint density at radius 3 is 1.80 bits per heavy atom. The molecule has 0 saturated carbocycles. The number of aliphatic hydroxyl groups excluding tert-OH is 5. The van der Waals surface area contributed by atoms with Crippen molar-refractivity contribution in [3.05, 3.63) is 77.5 Å². The number of aryl methyl sites for hydroxylation is 1. The third kappa shape index (κ3) is 24.4. The average molecular weight is 1500 g/mol. The number of nitrogens with two attached hydrogens (primary N) is 1.